The van der Waals surface area contributed by atoms with E-state index in [4.69, 9.17) is 19.9 Å². The SMILES string of the molecule is COC(=O)c1cc(NC(=O)CC(N)c2ccccc2)c(OC)c(OC)c1. The summed E-state index contributed by atoms with van der Waals surface area (Å²) in [5, 5.41) is 2.72. The van der Waals surface area contributed by atoms with Crippen LogP contribution in [0.2, 0.25) is 0 Å². The first-order valence-corrected chi connectivity index (χ1v) is 7.94. The maximum absolute atomic E-state index is 12.4. The number of amides is 1. The van der Waals surface area contributed by atoms with Gasteiger partial charge in [0.1, 0.15) is 0 Å². The van der Waals surface area contributed by atoms with E-state index in [1.807, 2.05) is 30.3 Å². The molecule has 138 valence electrons. The summed E-state index contributed by atoms with van der Waals surface area (Å²) in [5.74, 6) is -0.258. The second-order valence-electron chi connectivity index (χ2n) is 5.52. The average molecular weight is 358 g/mol. The van der Waals surface area contributed by atoms with Crippen molar-refractivity contribution in [1.29, 1.82) is 0 Å². The summed E-state index contributed by atoms with van der Waals surface area (Å²) < 4.78 is 15.3. The molecule has 26 heavy (non-hydrogen) atoms. The summed E-state index contributed by atoms with van der Waals surface area (Å²) in [6, 6.07) is 11.8. The van der Waals surface area contributed by atoms with E-state index < -0.39 is 12.0 Å². The molecule has 1 atom stereocenters. The minimum Gasteiger partial charge on any atom is -0.493 e. The normalized spacial score (nSPS) is 11.4. The Morgan fingerprint density at radius 1 is 1.08 bits per heavy atom. The zero-order valence-corrected chi connectivity index (χ0v) is 14.9. The van der Waals surface area contributed by atoms with Gasteiger partial charge in [-0.3, -0.25) is 4.79 Å². The Kier molecular flexibility index (Phi) is 6.57. The van der Waals surface area contributed by atoms with Crippen molar-refractivity contribution in [3.8, 4) is 11.5 Å². The second-order valence-corrected chi connectivity index (χ2v) is 5.52. The van der Waals surface area contributed by atoms with Gasteiger partial charge in [-0.15, -0.1) is 0 Å². The highest BCUT2D eigenvalue weighted by Gasteiger charge is 2.19. The van der Waals surface area contributed by atoms with Gasteiger partial charge < -0.3 is 25.3 Å². The number of nitrogens with one attached hydrogen (secondary N) is 1. The zero-order valence-electron chi connectivity index (χ0n) is 14.9. The zero-order chi connectivity index (χ0) is 19.1. The van der Waals surface area contributed by atoms with Crippen LogP contribution in [-0.2, 0) is 9.53 Å². The molecule has 0 bridgehead atoms. The lowest BCUT2D eigenvalue weighted by atomic mass is 10.0. The Hall–Kier alpha value is -3.06. The van der Waals surface area contributed by atoms with Gasteiger partial charge in [0, 0.05) is 12.5 Å². The molecule has 0 aromatic heterocycles. The molecule has 2 rings (SSSR count). The minimum atomic E-state index is -0.553. The molecular weight excluding hydrogens is 336 g/mol. The van der Waals surface area contributed by atoms with Crippen LogP contribution in [0, 0.1) is 0 Å². The first kappa shape index (κ1) is 19.3. The molecular formula is C19H22N2O5. The van der Waals surface area contributed by atoms with Crippen molar-refractivity contribution in [2.75, 3.05) is 26.6 Å². The first-order valence-electron chi connectivity index (χ1n) is 7.94. The predicted octanol–water partition coefficient (Wildman–Crippen LogP) is 2.52. The van der Waals surface area contributed by atoms with Crippen LogP contribution in [0.15, 0.2) is 42.5 Å². The van der Waals surface area contributed by atoms with Crippen molar-refractivity contribution >= 4 is 17.6 Å². The van der Waals surface area contributed by atoms with Crippen molar-refractivity contribution < 1.29 is 23.8 Å². The smallest absolute Gasteiger partial charge is 0.338 e. The van der Waals surface area contributed by atoms with E-state index in [0.717, 1.165) is 5.56 Å². The van der Waals surface area contributed by atoms with E-state index in [9.17, 15) is 9.59 Å². The van der Waals surface area contributed by atoms with E-state index in [1.165, 1.54) is 33.5 Å². The lowest BCUT2D eigenvalue weighted by Gasteiger charge is -2.16. The molecule has 0 aliphatic heterocycles. The van der Waals surface area contributed by atoms with Crippen molar-refractivity contribution in [3.05, 3.63) is 53.6 Å². The van der Waals surface area contributed by atoms with Gasteiger partial charge in [-0.25, -0.2) is 4.79 Å². The molecule has 0 aliphatic carbocycles. The molecule has 2 aromatic rings. The molecule has 0 aliphatic rings. The number of rotatable bonds is 7. The standard InChI is InChI=1S/C19H22N2O5/c1-24-16-10-13(19(23)26-3)9-15(18(16)25-2)21-17(22)11-14(20)12-7-5-4-6-8-12/h4-10,14H,11,20H2,1-3H3,(H,21,22). The van der Waals surface area contributed by atoms with Crippen LogP contribution < -0.4 is 20.5 Å². The summed E-state index contributed by atoms with van der Waals surface area (Å²) >= 11 is 0. The van der Waals surface area contributed by atoms with Gasteiger partial charge in [0.2, 0.25) is 5.91 Å². The second kappa shape index (κ2) is 8.87. The Morgan fingerprint density at radius 3 is 2.35 bits per heavy atom. The molecule has 2 aromatic carbocycles. The monoisotopic (exact) mass is 358 g/mol. The topological polar surface area (TPSA) is 99.9 Å². The predicted molar refractivity (Wildman–Crippen MR) is 97.5 cm³/mol. The Bertz CT molecular complexity index is 777. The number of nitrogens with two attached hydrogens (primary N) is 1. The summed E-state index contributed by atoms with van der Waals surface area (Å²) in [6.45, 7) is 0. The maximum Gasteiger partial charge on any atom is 0.338 e. The molecule has 0 spiro atoms. The maximum atomic E-state index is 12.4. The van der Waals surface area contributed by atoms with Crippen LogP contribution in [0.5, 0.6) is 11.5 Å². The Labute approximate surface area is 152 Å². The average Bonchev–Trinajstić information content (AvgIpc) is 2.67. The highest BCUT2D eigenvalue weighted by Crippen LogP contribution is 2.37. The molecule has 1 amide bonds. The van der Waals surface area contributed by atoms with E-state index in [1.54, 1.807) is 0 Å². The van der Waals surface area contributed by atoms with E-state index >= 15 is 0 Å². The number of carbonyl (C=O) groups excluding carboxylic acids is 2. The molecule has 7 nitrogen and oxygen atoms in total. The third-order valence-corrected chi connectivity index (χ3v) is 3.81. The van der Waals surface area contributed by atoms with Gasteiger partial charge in [-0.1, -0.05) is 30.3 Å². The third kappa shape index (κ3) is 4.52. The van der Waals surface area contributed by atoms with Crippen LogP contribution >= 0.6 is 0 Å². The summed E-state index contributed by atoms with van der Waals surface area (Å²) in [7, 11) is 4.16. The van der Waals surface area contributed by atoms with Gasteiger partial charge >= 0.3 is 5.97 Å². The lowest BCUT2D eigenvalue weighted by molar-refractivity contribution is -0.116. The quantitative estimate of drug-likeness (QED) is 0.738. The Morgan fingerprint density at radius 2 is 1.77 bits per heavy atom. The van der Waals surface area contributed by atoms with Gasteiger partial charge in [0.25, 0.3) is 0 Å². The van der Waals surface area contributed by atoms with Crippen molar-refractivity contribution in [1.82, 2.24) is 0 Å². The van der Waals surface area contributed by atoms with Crippen molar-refractivity contribution in [2.45, 2.75) is 12.5 Å². The molecule has 1 unspecified atom stereocenters. The van der Waals surface area contributed by atoms with Crippen molar-refractivity contribution in [2.24, 2.45) is 5.73 Å². The van der Waals surface area contributed by atoms with Gasteiger partial charge in [-0.05, 0) is 17.7 Å². The molecule has 7 heteroatoms. The summed E-state index contributed by atoms with van der Waals surface area (Å²) in [5.41, 5.74) is 7.47. The molecule has 0 saturated carbocycles. The molecule has 0 fully saturated rings. The highest BCUT2D eigenvalue weighted by atomic mass is 16.5. The molecule has 0 radical (unpaired) electrons. The third-order valence-electron chi connectivity index (χ3n) is 3.81. The van der Waals surface area contributed by atoms with E-state index in [-0.39, 0.29) is 17.9 Å². The fraction of sp³-hybridized carbons (Fsp3) is 0.263. The van der Waals surface area contributed by atoms with Crippen LogP contribution in [-0.4, -0.2) is 33.2 Å². The number of carbonyl (C=O) groups is 2. The highest BCUT2D eigenvalue weighted by molar-refractivity contribution is 5.97. The van der Waals surface area contributed by atoms with Gasteiger partial charge in [-0.2, -0.15) is 0 Å². The van der Waals surface area contributed by atoms with Gasteiger partial charge in [0.15, 0.2) is 11.5 Å². The van der Waals surface area contributed by atoms with E-state index in [0.29, 0.717) is 17.2 Å². The summed E-state index contributed by atoms with van der Waals surface area (Å²) in [4.78, 5) is 24.2. The van der Waals surface area contributed by atoms with Gasteiger partial charge in [0.05, 0.1) is 32.6 Å². The van der Waals surface area contributed by atoms with Crippen LogP contribution in [0.3, 0.4) is 0 Å². The number of hydrogen-bond donors (Lipinski definition) is 2. The molecule has 0 saturated heterocycles. The number of ether oxygens (including phenoxy) is 3. The number of benzene rings is 2. The fourth-order valence-electron chi connectivity index (χ4n) is 2.51. The number of anilines is 1. The van der Waals surface area contributed by atoms with Crippen LogP contribution in [0.25, 0.3) is 0 Å². The van der Waals surface area contributed by atoms with Crippen molar-refractivity contribution in [3.63, 3.8) is 0 Å². The largest absolute Gasteiger partial charge is 0.493 e. The fourth-order valence-corrected chi connectivity index (χ4v) is 2.51. The number of esters is 1. The number of hydrogen-bond acceptors (Lipinski definition) is 6. The molecule has 3 N–H and O–H groups in total. The minimum absolute atomic E-state index is 0.0674. The molecule has 0 heterocycles. The van der Waals surface area contributed by atoms with E-state index in [2.05, 4.69) is 5.32 Å². The Balaban J connectivity index is 2.23. The summed E-state index contributed by atoms with van der Waals surface area (Å²) in [6.07, 6.45) is 0.0674. The lowest BCUT2D eigenvalue weighted by Crippen LogP contribution is -2.21. The first-order chi connectivity index (χ1) is 12.5. The number of methoxy groups -OCH3 is 3. The van der Waals surface area contributed by atoms with Crippen LogP contribution in [0.4, 0.5) is 5.69 Å². The van der Waals surface area contributed by atoms with Crippen LogP contribution in [0.1, 0.15) is 28.4 Å².